The highest BCUT2D eigenvalue weighted by Gasteiger charge is 2.45. The Balaban J connectivity index is 0.803. The topological polar surface area (TPSA) is 214 Å². The first-order chi connectivity index (χ1) is 30.5. The van der Waals surface area contributed by atoms with Crippen LogP contribution in [0.1, 0.15) is 80.2 Å². The number of rotatable bonds is 18. The number of anilines is 1. The molecule has 6 aromatic rings. The molecule has 2 aliphatic rings. The molecule has 16 heteroatoms. The first-order valence-electron chi connectivity index (χ1n) is 20.8. The molecule has 324 valence electrons. The number of amides is 6. The predicted molar refractivity (Wildman–Crippen MR) is 231 cm³/mol. The van der Waals surface area contributed by atoms with E-state index in [-0.39, 0.29) is 42.9 Å². The number of nitrogens with one attached hydrogen (secondary N) is 2. The number of fused-ring (bicyclic) bond motifs is 4. The Morgan fingerprint density at radius 3 is 2.40 bits per heavy atom. The molecule has 4 aromatic carbocycles. The quantitative estimate of drug-likeness (QED) is 0.0690. The summed E-state index contributed by atoms with van der Waals surface area (Å²) in [7, 11) is 0. The lowest BCUT2D eigenvalue weighted by Gasteiger charge is -2.27. The lowest BCUT2D eigenvalue weighted by atomic mass is 9.97. The molecular weight excluding hydrogens is 809 g/mol. The van der Waals surface area contributed by atoms with Gasteiger partial charge in [-0.1, -0.05) is 41.6 Å². The smallest absolute Gasteiger partial charge is 0.264 e. The van der Waals surface area contributed by atoms with Gasteiger partial charge >= 0.3 is 0 Å². The Bertz CT molecular complexity index is 2760. The fourth-order valence-electron chi connectivity index (χ4n) is 8.29. The third-order valence-electron chi connectivity index (χ3n) is 11.2. The van der Waals surface area contributed by atoms with E-state index in [9.17, 15) is 28.8 Å². The van der Waals surface area contributed by atoms with Crippen LogP contribution in [0.25, 0.3) is 32.9 Å². The molecule has 1 unspecified atom stereocenters. The first-order valence-corrected chi connectivity index (χ1v) is 20.8. The van der Waals surface area contributed by atoms with Crippen LogP contribution in [-0.4, -0.2) is 89.1 Å². The van der Waals surface area contributed by atoms with E-state index in [1.807, 2.05) is 56.3 Å². The second-order valence-corrected chi connectivity index (χ2v) is 15.5. The molecule has 2 aromatic heterocycles. The van der Waals surface area contributed by atoms with E-state index < -0.39 is 41.5 Å². The van der Waals surface area contributed by atoms with Crippen LogP contribution in [0.3, 0.4) is 0 Å². The molecule has 0 bridgehead atoms. The standard InChI is InChI=1S/C47H46N6O10/c1-27-41(28(2)63-51-27)30-22-34(44(48)56)42-33-24-31(14-15-36(33)52(38(42)23-30)25-29-10-4-3-5-11-29)62-21-7-6-18-60-19-9-20-61-26-40(55)49-35-13-8-12-32-43(35)47(59)53(46(32)58)37-16-17-39(54)50-45(37)57/h3-5,8,10-15,22-24,37H,6-7,9,16-21,25-26H2,1-2H3,(H2,48,56)(H,49,55)(H,50,54,57). The van der Waals surface area contributed by atoms with Crippen molar-refractivity contribution in [1.82, 2.24) is 19.9 Å². The van der Waals surface area contributed by atoms with Gasteiger partial charge in [-0.15, -0.1) is 0 Å². The van der Waals surface area contributed by atoms with Gasteiger partial charge in [-0.05, 0) is 93.1 Å². The van der Waals surface area contributed by atoms with Crippen molar-refractivity contribution in [2.45, 2.75) is 58.5 Å². The SMILES string of the molecule is Cc1noc(C)c1-c1cc(C(N)=O)c2c3cc(OCCCCOCCCOCC(=O)Nc4cccc5c4C(=O)N(C4CCC(=O)NC4=O)C5=O)ccc3n(Cc3ccccc3)c2c1. The lowest BCUT2D eigenvalue weighted by molar-refractivity contribution is -0.136. The molecule has 6 amide bonds. The molecule has 0 spiro atoms. The van der Waals surface area contributed by atoms with Gasteiger partial charge < -0.3 is 34.4 Å². The summed E-state index contributed by atoms with van der Waals surface area (Å²) in [5.74, 6) is -2.28. The van der Waals surface area contributed by atoms with Gasteiger partial charge in [0.15, 0.2) is 0 Å². The zero-order valence-corrected chi connectivity index (χ0v) is 34.9. The summed E-state index contributed by atoms with van der Waals surface area (Å²) in [6, 6.07) is 23.3. The summed E-state index contributed by atoms with van der Waals surface area (Å²) in [5, 5.41) is 10.5. The van der Waals surface area contributed by atoms with Crippen molar-refractivity contribution in [3.05, 3.63) is 113 Å². The minimum absolute atomic E-state index is 0.00508. The molecule has 0 saturated carbocycles. The predicted octanol–water partition coefficient (Wildman–Crippen LogP) is 5.84. The van der Waals surface area contributed by atoms with E-state index >= 15 is 0 Å². The van der Waals surface area contributed by atoms with Crippen molar-refractivity contribution in [2.24, 2.45) is 5.73 Å². The van der Waals surface area contributed by atoms with E-state index in [4.69, 9.17) is 24.5 Å². The maximum atomic E-state index is 13.3. The number of ether oxygens (including phenoxy) is 3. The molecule has 1 saturated heterocycles. The van der Waals surface area contributed by atoms with E-state index in [0.717, 1.165) is 61.9 Å². The molecule has 0 radical (unpaired) electrons. The van der Waals surface area contributed by atoms with E-state index in [1.54, 1.807) is 0 Å². The number of carbonyl (C=O) groups is 6. The normalized spacial score (nSPS) is 15.0. The summed E-state index contributed by atoms with van der Waals surface area (Å²) < 4.78 is 25.1. The molecule has 8 rings (SSSR count). The van der Waals surface area contributed by atoms with Crippen molar-refractivity contribution in [3.63, 3.8) is 0 Å². The Morgan fingerprint density at radius 2 is 1.63 bits per heavy atom. The number of aryl methyl sites for hydroxylation is 2. The number of nitrogens with two attached hydrogens (primary N) is 1. The van der Waals surface area contributed by atoms with Gasteiger partial charge in [0.25, 0.3) is 11.8 Å². The number of imide groups is 2. The Morgan fingerprint density at radius 1 is 0.857 bits per heavy atom. The van der Waals surface area contributed by atoms with Gasteiger partial charge in [0, 0.05) is 60.2 Å². The molecule has 4 heterocycles. The number of piperidine rings is 1. The van der Waals surface area contributed by atoms with Crippen LogP contribution in [0.2, 0.25) is 0 Å². The van der Waals surface area contributed by atoms with Crippen LogP contribution >= 0.6 is 0 Å². The zero-order chi connectivity index (χ0) is 44.2. The molecule has 16 nitrogen and oxygen atoms in total. The van der Waals surface area contributed by atoms with Gasteiger partial charge in [0.05, 0.1) is 34.6 Å². The first kappa shape index (κ1) is 42.5. The third-order valence-corrected chi connectivity index (χ3v) is 11.2. The largest absolute Gasteiger partial charge is 0.494 e. The maximum absolute atomic E-state index is 13.3. The van der Waals surface area contributed by atoms with Crippen molar-refractivity contribution in [2.75, 3.05) is 38.4 Å². The summed E-state index contributed by atoms with van der Waals surface area (Å²) in [6.45, 7) is 5.65. The molecule has 4 N–H and O–H groups in total. The van der Waals surface area contributed by atoms with Crippen LogP contribution in [-0.2, 0) is 30.4 Å². The second-order valence-electron chi connectivity index (χ2n) is 15.5. The molecule has 63 heavy (non-hydrogen) atoms. The fraction of sp³-hybridized carbons (Fsp3) is 0.298. The van der Waals surface area contributed by atoms with E-state index in [2.05, 4.69) is 38.6 Å². The Kier molecular flexibility index (Phi) is 12.4. The highest BCUT2D eigenvalue weighted by Crippen LogP contribution is 2.39. The number of aromatic nitrogens is 2. The van der Waals surface area contributed by atoms with Crippen LogP contribution in [0, 0.1) is 13.8 Å². The maximum Gasteiger partial charge on any atom is 0.264 e. The molecule has 1 fully saturated rings. The lowest BCUT2D eigenvalue weighted by Crippen LogP contribution is -2.54. The second kappa shape index (κ2) is 18.4. The van der Waals surface area contributed by atoms with E-state index in [1.165, 1.54) is 18.2 Å². The van der Waals surface area contributed by atoms with Crippen molar-refractivity contribution < 1.29 is 47.5 Å². The highest BCUT2D eigenvalue weighted by atomic mass is 16.5. The van der Waals surface area contributed by atoms with Gasteiger partial charge in [-0.25, -0.2) is 0 Å². The van der Waals surface area contributed by atoms with Crippen molar-refractivity contribution in [1.29, 1.82) is 0 Å². The molecule has 0 aliphatic carbocycles. The average molecular weight is 855 g/mol. The monoisotopic (exact) mass is 854 g/mol. The number of hydrogen-bond donors (Lipinski definition) is 3. The number of benzene rings is 4. The average Bonchev–Trinajstić information content (AvgIpc) is 3.86. The van der Waals surface area contributed by atoms with Crippen LogP contribution in [0.4, 0.5) is 5.69 Å². The highest BCUT2D eigenvalue weighted by molar-refractivity contribution is 6.26. The zero-order valence-electron chi connectivity index (χ0n) is 34.9. The molecule has 1 atom stereocenters. The summed E-state index contributed by atoms with van der Waals surface area (Å²) >= 11 is 0. The summed E-state index contributed by atoms with van der Waals surface area (Å²) in [4.78, 5) is 76.9. The minimum atomic E-state index is -1.11. The molecular formula is C47H46N6O10. The van der Waals surface area contributed by atoms with Crippen LogP contribution in [0.15, 0.2) is 83.4 Å². The van der Waals surface area contributed by atoms with Gasteiger partial charge in [-0.3, -0.25) is 39.0 Å². The van der Waals surface area contributed by atoms with Crippen LogP contribution in [0.5, 0.6) is 5.75 Å². The number of unbranched alkanes of at least 4 members (excludes halogenated alkanes) is 1. The third kappa shape index (κ3) is 8.81. The van der Waals surface area contributed by atoms with Crippen molar-refractivity contribution >= 4 is 62.9 Å². The van der Waals surface area contributed by atoms with E-state index in [0.29, 0.717) is 49.9 Å². The van der Waals surface area contributed by atoms with Crippen molar-refractivity contribution in [3.8, 4) is 16.9 Å². The number of hydrogen-bond acceptors (Lipinski definition) is 11. The van der Waals surface area contributed by atoms with Gasteiger partial charge in [0.1, 0.15) is 24.2 Å². The number of carbonyl (C=O) groups excluding carboxylic acids is 6. The van der Waals surface area contributed by atoms with Gasteiger partial charge in [0.2, 0.25) is 23.6 Å². The Labute approximate surface area is 361 Å². The Hall–Kier alpha value is -7.17. The summed E-state index contributed by atoms with van der Waals surface area (Å²) in [5.41, 5.74) is 11.9. The summed E-state index contributed by atoms with van der Waals surface area (Å²) in [6.07, 6.45) is 2.07. The number of nitrogens with zero attached hydrogens (tertiary/aromatic N) is 3. The van der Waals surface area contributed by atoms with Gasteiger partial charge in [-0.2, -0.15) is 0 Å². The number of primary amides is 1. The minimum Gasteiger partial charge on any atom is -0.494 e. The fourth-order valence-corrected chi connectivity index (χ4v) is 8.29. The van der Waals surface area contributed by atoms with Crippen LogP contribution < -0.4 is 21.1 Å². The molecule has 2 aliphatic heterocycles.